The maximum Gasteiger partial charge on any atom is 0.130 e. The van der Waals surface area contributed by atoms with Gasteiger partial charge in [-0.05, 0) is 48.7 Å². The minimum absolute atomic E-state index is 0.429. The number of nitrogens with zero attached hydrogens (tertiary/aromatic N) is 1. The molecule has 0 aliphatic rings. The van der Waals surface area contributed by atoms with Gasteiger partial charge in [-0.3, -0.25) is 4.98 Å². The summed E-state index contributed by atoms with van der Waals surface area (Å²) in [6.45, 7) is 6.82. The van der Waals surface area contributed by atoms with Gasteiger partial charge in [-0.2, -0.15) is 0 Å². The number of halogens is 1. The van der Waals surface area contributed by atoms with Gasteiger partial charge in [0.25, 0.3) is 0 Å². The number of hydrogen-bond acceptors (Lipinski definition) is 2. The first-order chi connectivity index (χ1) is 9.06. The second-order valence-corrected chi connectivity index (χ2v) is 5.81. The maximum atomic E-state index is 5.91. The second kappa shape index (κ2) is 6.20. The predicted molar refractivity (Wildman–Crippen MR) is 81.5 cm³/mol. The Morgan fingerprint density at radius 1 is 1.21 bits per heavy atom. The van der Waals surface area contributed by atoms with Gasteiger partial charge in [0.05, 0.1) is 5.69 Å². The van der Waals surface area contributed by atoms with E-state index in [1.807, 2.05) is 37.3 Å². The van der Waals surface area contributed by atoms with Crippen molar-refractivity contribution in [2.45, 2.75) is 33.3 Å². The van der Waals surface area contributed by atoms with E-state index in [-0.39, 0.29) is 0 Å². The van der Waals surface area contributed by atoms with E-state index in [0.29, 0.717) is 12.5 Å². The van der Waals surface area contributed by atoms with Crippen LogP contribution in [0.15, 0.2) is 40.9 Å². The summed E-state index contributed by atoms with van der Waals surface area (Å²) in [5.41, 5.74) is 3.18. The molecule has 0 saturated carbocycles. The lowest BCUT2D eigenvalue weighted by Crippen LogP contribution is -2.02. The molecule has 0 aliphatic carbocycles. The third-order valence-corrected chi connectivity index (χ3v) is 3.41. The molecule has 0 aliphatic heterocycles. The average Bonchev–Trinajstić information content (AvgIpc) is 2.37. The highest BCUT2D eigenvalue weighted by molar-refractivity contribution is 9.10. The molecule has 2 nitrogen and oxygen atoms in total. The first-order valence-corrected chi connectivity index (χ1v) is 7.20. The highest BCUT2D eigenvalue weighted by Gasteiger charge is 2.09. The van der Waals surface area contributed by atoms with E-state index in [9.17, 15) is 0 Å². The summed E-state index contributed by atoms with van der Waals surface area (Å²) in [5, 5.41) is 0. The molecule has 100 valence electrons. The van der Waals surface area contributed by atoms with Crippen molar-refractivity contribution in [3.05, 3.63) is 57.8 Å². The van der Waals surface area contributed by atoms with Crippen molar-refractivity contribution in [3.63, 3.8) is 0 Å². The molecule has 3 heteroatoms. The van der Waals surface area contributed by atoms with E-state index in [2.05, 4.69) is 40.8 Å². The normalized spacial score (nSPS) is 10.8. The van der Waals surface area contributed by atoms with Gasteiger partial charge in [0.1, 0.15) is 12.4 Å². The van der Waals surface area contributed by atoms with Crippen LogP contribution in [0.1, 0.15) is 36.7 Å². The number of rotatable bonds is 4. The quantitative estimate of drug-likeness (QED) is 0.803. The van der Waals surface area contributed by atoms with Gasteiger partial charge < -0.3 is 4.74 Å². The minimum atomic E-state index is 0.429. The van der Waals surface area contributed by atoms with Crippen molar-refractivity contribution in [2.75, 3.05) is 0 Å². The van der Waals surface area contributed by atoms with Crippen LogP contribution in [0.4, 0.5) is 0 Å². The van der Waals surface area contributed by atoms with Crippen molar-refractivity contribution in [2.24, 2.45) is 0 Å². The Labute approximate surface area is 123 Å². The van der Waals surface area contributed by atoms with Crippen LogP contribution in [0, 0.1) is 6.92 Å². The molecule has 1 heterocycles. The van der Waals surface area contributed by atoms with Crippen LogP contribution in [-0.2, 0) is 6.61 Å². The van der Waals surface area contributed by atoms with E-state index < -0.39 is 0 Å². The summed E-state index contributed by atoms with van der Waals surface area (Å²) in [6.07, 6.45) is 0. The summed E-state index contributed by atoms with van der Waals surface area (Å²) in [4.78, 5) is 4.45. The molecule has 0 radical (unpaired) electrons. The van der Waals surface area contributed by atoms with Crippen LogP contribution in [0.5, 0.6) is 5.75 Å². The first kappa shape index (κ1) is 14.1. The molecule has 0 amide bonds. The molecule has 0 atom stereocenters. The van der Waals surface area contributed by atoms with Crippen LogP contribution in [0.2, 0.25) is 0 Å². The molecule has 1 aromatic heterocycles. The minimum Gasteiger partial charge on any atom is -0.487 e. The lowest BCUT2D eigenvalue weighted by Gasteiger charge is -2.14. The number of ether oxygens (including phenoxy) is 1. The Balaban J connectivity index is 2.15. The maximum absolute atomic E-state index is 5.91. The summed E-state index contributed by atoms with van der Waals surface area (Å²) in [7, 11) is 0. The monoisotopic (exact) mass is 319 g/mol. The molecule has 0 bridgehead atoms. The third kappa shape index (κ3) is 3.80. The topological polar surface area (TPSA) is 22.1 Å². The van der Waals surface area contributed by atoms with Gasteiger partial charge in [0.15, 0.2) is 0 Å². The zero-order chi connectivity index (χ0) is 13.8. The molecule has 0 N–H and O–H groups in total. The summed E-state index contributed by atoms with van der Waals surface area (Å²) < 4.78 is 6.99. The fourth-order valence-corrected chi connectivity index (χ4v) is 2.31. The van der Waals surface area contributed by atoms with Crippen LogP contribution >= 0.6 is 15.9 Å². The second-order valence-electron chi connectivity index (χ2n) is 4.90. The van der Waals surface area contributed by atoms with Crippen molar-refractivity contribution >= 4 is 15.9 Å². The number of aromatic nitrogens is 1. The van der Waals surface area contributed by atoms with E-state index >= 15 is 0 Å². The van der Waals surface area contributed by atoms with E-state index in [0.717, 1.165) is 21.6 Å². The van der Waals surface area contributed by atoms with Crippen molar-refractivity contribution in [3.8, 4) is 5.75 Å². The molecule has 0 saturated heterocycles. The zero-order valence-electron chi connectivity index (χ0n) is 11.5. The Kier molecular flexibility index (Phi) is 4.59. The van der Waals surface area contributed by atoms with E-state index in [4.69, 9.17) is 4.74 Å². The Bertz CT molecular complexity index is 566. The van der Waals surface area contributed by atoms with Gasteiger partial charge in [0.2, 0.25) is 0 Å². The van der Waals surface area contributed by atoms with Gasteiger partial charge in [-0.1, -0.05) is 35.8 Å². The lowest BCUT2D eigenvalue weighted by atomic mass is 10.0. The van der Waals surface area contributed by atoms with Crippen LogP contribution in [-0.4, -0.2) is 4.98 Å². The molecule has 1 aromatic carbocycles. The molecular weight excluding hydrogens is 302 g/mol. The average molecular weight is 320 g/mol. The van der Waals surface area contributed by atoms with Crippen LogP contribution in [0.25, 0.3) is 0 Å². The number of benzene rings is 1. The number of pyridine rings is 1. The third-order valence-electron chi connectivity index (χ3n) is 2.92. The smallest absolute Gasteiger partial charge is 0.130 e. The van der Waals surface area contributed by atoms with Crippen LogP contribution in [0.3, 0.4) is 0 Å². The predicted octanol–water partition coefficient (Wildman–Crippen LogP) is 4.85. The van der Waals surface area contributed by atoms with Gasteiger partial charge in [-0.15, -0.1) is 0 Å². The number of hydrogen-bond donors (Lipinski definition) is 0. The molecule has 0 spiro atoms. The van der Waals surface area contributed by atoms with Gasteiger partial charge in [0, 0.05) is 10.2 Å². The zero-order valence-corrected chi connectivity index (χ0v) is 13.1. The summed E-state index contributed by atoms with van der Waals surface area (Å²) in [6, 6.07) is 12.1. The van der Waals surface area contributed by atoms with E-state index in [1.54, 1.807) is 0 Å². The molecule has 19 heavy (non-hydrogen) atoms. The Morgan fingerprint density at radius 3 is 2.68 bits per heavy atom. The van der Waals surface area contributed by atoms with E-state index in [1.165, 1.54) is 5.56 Å². The highest BCUT2D eigenvalue weighted by atomic mass is 79.9. The summed E-state index contributed by atoms with van der Waals surface area (Å²) >= 11 is 3.50. The Hall–Kier alpha value is -1.35. The molecule has 2 rings (SSSR count). The largest absolute Gasteiger partial charge is 0.487 e. The molecule has 0 unspecified atom stereocenters. The number of aryl methyl sites for hydroxylation is 1. The van der Waals surface area contributed by atoms with Gasteiger partial charge >= 0.3 is 0 Å². The van der Waals surface area contributed by atoms with Crippen LogP contribution < -0.4 is 4.74 Å². The Morgan fingerprint density at radius 2 is 2.00 bits per heavy atom. The van der Waals surface area contributed by atoms with Gasteiger partial charge in [-0.25, -0.2) is 0 Å². The lowest BCUT2D eigenvalue weighted by molar-refractivity contribution is 0.297. The molecule has 0 fully saturated rings. The molecular formula is C16H18BrNO. The first-order valence-electron chi connectivity index (χ1n) is 6.41. The summed E-state index contributed by atoms with van der Waals surface area (Å²) in [5.74, 6) is 1.36. The standard InChI is InChI=1S/C16H18BrNO/c1-11(2)15-9-13(17)7-8-16(15)19-10-14-6-4-5-12(3)18-14/h4-9,11H,10H2,1-3H3. The van der Waals surface area contributed by atoms with Crippen molar-refractivity contribution < 1.29 is 4.74 Å². The van der Waals surface area contributed by atoms with Crippen molar-refractivity contribution in [1.29, 1.82) is 0 Å². The van der Waals surface area contributed by atoms with Crippen molar-refractivity contribution in [1.82, 2.24) is 4.98 Å². The molecule has 2 aromatic rings. The fourth-order valence-electron chi connectivity index (χ4n) is 1.93. The fraction of sp³-hybridized carbons (Fsp3) is 0.312. The SMILES string of the molecule is Cc1cccc(COc2ccc(Br)cc2C(C)C)n1. The highest BCUT2D eigenvalue weighted by Crippen LogP contribution is 2.29.